The monoisotopic (exact) mass is 330 g/mol. The van der Waals surface area contributed by atoms with E-state index >= 15 is 0 Å². The van der Waals surface area contributed by atoms with Crippen molar-refractivity contribution in [3.05, 3.63) is 54.6 Å². The summed E-state index contributed by atoms with van der Waals surface area (Å²) in [6.45, 7) is 3.83. The van der Waals surface area contributed by atoms with Gasteiger partial charge < -0.3 is 4.74 Å². The molecule has 1 aromatic heterocycles. The lowest BCUT2D eigenvalue weighted by atomic mass is 10.1. The van der Waals surface area contributed by atoms with E-state index in [4.69, 9.17) is 4.74 Å². The largest absolute Gasteiger partial charge is 0.496 e. The first kappa shape index (κ1) is 15.6. The normalized spacial score (nSPS) is 12.0. The molecule has 0 fully saturated rings. The van der Waals surface area contributed by atoms with E-state index in [1.165, 1.54) is 16.4 Å². The summed E-state index contributed by atoms with van der Waals surface area (Å²) in [5.74, 6) is 1.17. The highest BCUT2D eigenvalue weighted by molar-refractivity contribution is 7.90. The van der Waals surface area contributed by atoms with Crippen LogP contribution in [-0.2, 0) is 10.0 Å². The minimum absolute atomic E-state index is 0.00397. The Morgan fingerprint density at radius 1 is 1.09 bits per heavy atom. The first-order valence-corrected chi connectivity index (χ1v) is 8.75. The molecule has 3 rings (SSSR count). The molecule has 0 aliphatic carbocycles. The van der Waals surface area contributed by atoms with Crippen LogP contribution in [0, 0.1) is 0 Å². The first-order chi connectivity index (χ1) is 11.0. The average molecular weight is 330 g/mol. The van der Waals surface area contributed by atoms with Crippen LogP contribution < -0.4 is 4.74 Å². The Balaban J connectivity index is 2.30. The Morgan fingerprint density at radius 2 is 1.78 bits per heavy atom. The molecule has 2 aromatic carbocycles. The van der Waals surface area contributed by atoms with E-state index in [1.807, 2.05) is 32.0 Å². The molecule has 0 amide bonds. The average Bonchev–Trinajstić information content (AvgIpc) is 3.04. The van der Waals surface area contributed by atoms with Crippen LogP contribution in [0.15, 0.2) is 53.7 Å². The number of benzene rings is 2. The zero-order valence-corrected chi connectivity index (χ0v) is 14.0. The number of methoxy groups -OCH3 is 1. The molecule has 0 saturated heterocycles. The van der Waals surface area contributed by atoms with Gasteiger partial charge in [-0.15, -0.1) is 0 Å². The van der Waals surface area contributed by atoms with Crippen LogP contribution in [0.25, 0.3) is 10.8 Å². The standard InChI is InChI=1S/C17H18N2O3S/c1-12(2)17-18-10-11-19(17)23(20,21)16-9-8-15(22-3)13-6-4-5-7-14(13)16/h4-12H,1-3H3. The maximum Gasteiger partial charge on any atom is 0.269 e. The fourth-order valence-electron chi connectivity index (χ4n) is 2.66. The third-order valence-corrected chi connectivity index (χ3v) is 5.49. The summed E-state index contributed by atoms with van der Waals surface area (Å²) >= 11 is 0. The van der Waals surface area contributed by atoms with Crippen LogP contribution in [0.4, 0.5) is 0 Å². The van der Waals surface area contributed by atoms with Crippen LogP contribution in [0.1, 0.15) is 25.6 Å². The Bertz CT molecular complexity index is 959. The van der Waals surface area contributed by atoms with Gasteiger partial charge in [-0.1, -0.05) is 38.1 Å². The van der Waals surface area contributed by atoms with Crippen LogP contribution in [-0.4, -0.2) is 24.5 Å². The maximum atomic E-state index is 13.1. The molecule has 0 aliphatic rings. The van der Waals surface area contributed by atoms with E-state index < -0.39 is 10.0 Å². The van der Waals surface area contributed by atoms with Gasteiger partial charge in [-0.3, -0.25) is 0 Å². The maximum absolute atomic E-state index is 13.1. The number of fused-ring (bicyclic) bond motifs is 1. The first-order valence-electron chi connectivity index (χ1n) is 7.31. The molecule has 0 N–H and O–H groups in total. The van der Waals surface area contributed by atoms with Crippen molar-refractivity contribution in [2.75, 3.05) is 7.11 Å². The number of ether oxygens (including phenoxy) is 1. The van der Waals surface area contributed by atoms with E-state index in [9.17, 15) is 8.42 Å². The summed E-state index contributed by atoms with van der Waals surface area (Å²) < 4.78 is 32.8. The van der Waals surface area contributed by atoms with Gasteiger partial charge in [0.05, 0.1) is 12.0 Å². The van der Waals surface area contributed by atoms with Crippen molar-refractivity contribution in [3.8, 4) is 5.75 Å². The second-order valence-corrected chi connectivity index (χ2v) is 7.34. The third-order valence-electron chi connectivity index (χ3n) is 3.75. The van der Waals surface area contributed by atoms with Gasteiger partial charge in [0.25, 0.3) is 10.0 Å². The molecule has 0 aliphatic heterocycles. The second kappa shape index (κ2) is 5.70. The van der Waals surface area contributed by atoms with E-state index in [-0.39, 0.29) is 10.8 Å². The van der Waals surface area contributed by atoms with Gasteiger partial charge in [-0.05, 0) is 12.1 Å². The van der Waals surface area contributed by atoms with Crippen molar-refractivity contribution in [3.63, 3.8) is 0 Å². The molecule has 1 heterocycles. The molecule has 0 bridgehead atoms. The van der Waals surface area contributed by atoms with Gasteiger partial charge in [0.2, 0.25) is 0 Å². The second-order valence-electron chi connectivity index (χ2n) is 5.55. The number of nitrogens with zero attached hydrogens (tertiary/aromatic N) is 2. The van der Waals surface area contributed by atoms with Gasteiger partial charge in [-0.2, -0.15) is 0 Å². The highest BCUT2D eigenvalue weighted by atomic mass is 32.2. The molecule has 23 heavy (non-hydrogen) atoms. The molecule has 120 valence electrons. The smallest absolute Gasteiger partial charge is 0.269 e. The Morgan fingerprint density at radius 3 is 2.43 bits per heavy atom. The fraction of sp³-hybridized carbons (Fsp3) is 0.235. The number of rotatable bonds is 4. The lowest BCUT2D eigenvalue weighted by molar-refractivity contribution is 0.419. The van der Waals surface area contributed by atoms with Gasteiger partial charge >= 0.3 is 0 Å². The molecule has 3 aromatic rings. The van der Waals surface area contributed by atoms with E-state index in [0.29, 0.717) is 17.0 Å². The zero-order chi connectivity index (χ0) is 16.6. The molecular formula is C17H18N2O3S. The highest BCUT2D eigenvalue weighted by Gasteiger charge is 2.24. The van der Waals surface area contributed by atoms with Gasteiger partial charge in [0, 0.05) is 29.1 Å². The number of imidazole rings is 1. The third kappa shape index (κ3) is 2.49. The van der Waals surface area contributed by atoms with Crippen molar-refractivity contribution in [1.82, 2.24) is 8.96 Å². The van der Waals surface area contributed by atoms with E-state index in [2.05, 4.69) is 4.98 Å². The molecule has 0 unspecified atom stereocenters. The van der Waals surface area contributed by atoms with Crippen molar-refractivity contribution in [2.45, 2.75) is 24.7 Å². The van der Waals surface area contributed by atoms with Crippen LogP contribution in [0.3, 0.4) is 0 Å². The molecule has 5 nitrogen and oxygen atoms in total. The number of hydrogen-bond acceptors (Lipinski definition) is 4. The summed E-state index contributed by atoms with van der Waals surface area (Å²) in [5, 5.41) is 1.40. The summed E-state index contributed by atoms with van der Waals surface area (Å²) in [6, 6.07) is 10.6. The van der Waals surface area contributed by atoms with Crippen LogP contribution in [0.2, 0.25) is 0 Å². The van der Waals surface area contributed by atoms with Gasteiger partial charge in [0.1, 0.15) is 11.6 Å². The van der Waals surface area contributed by atoms with Crippen LogP contribution in [0.5, 0.6) is 5.75 Å². The van der Waals surface area contributed by atoms with Crippen molar-refractivity contribution in [1.29, 1.82) is 0 Å². The minimum atomic E-state index is -3.72. The molecule has 0 saturated carbocycles. The Labute approximate surface area is 135 Å². The summed E-state index contributed by atoms with van der Waals surface area (Å²) in [6.07, 6.45) is 3.00. The lowest BCUT2D eigenvalue weighted by Gasteiger charge is -2.14. The Hall–Kier alpha value is -2.34. The highest BCUT2D eigenvalue weighted by Crippen LogP contribution is 2.32. The van der Waals surface area contributed by atoms with Gasteiger partial charge in [0.15, 0.2) is 0 Å². The lowest BCUT2D eigenvalue weighted by Crippen LogP contribution is -2.16. The van der Waals surface area contributed by atoms with Gasteiger partial charge in [-0.25, -0.2) is 17.4 Å². The summed E-state index contributed by atoms with van der Waals surface area (Å²) in [4.78, 5) is 4.42. The number of hydrogen-bond donors (Lipinski definition) is 0. The predicted molar refractivity (Wildman–Crippen MR) is 89.4 cm³/mol. The quantitative estimate of drug-likeness (QED) is 0.735. The molecule has 0 atom stereocenters. The summed E-state index contributed by atoms with van der Waals surface area (Å²) in [7, 11) is -2.15. The van der Waals surface area contributed by atoms with Crippen molar-refractivity contribution < 1.29 is 13.2 Å². The zero-order valence-electron chi connectivity index (χ0n) is 13.2. The molecular weight excluding hydrogens is 312 g/mol. The minimum Gasteiger partial charge on any atom is -0.496 e. The fourth-order valence-corrected chi connectivity index (χ4v) is 4.29. The van der Waals surface area contributed by atoms with Crippen LogP contribution >= 0.6 is 0 Å². The summed E-state index contributed by atoms with van der Waals surface area (Å²) in [5.41, 5.74) is 0. The van der Waals surface area contributed by atoms with E-state index in [1.54, 1.807) is 25.3 Å². The molecule has 6 heteroatoms. The number of aromatic nitrogens is 2. The Kier molecular flexibility index (Phi) is 3.85. The predicted octanol–water partition coefficient (Wildman–Crippen LogP) is 3.41. The van der Waals surface area contributed by atoms with E-state index in [0.717, 1.165) is 5.39 Å². The van der Waals surface area contributed by atoms with Crippen molar-refractivity contribution in [2.24, 2.45) is 0 Å². The van der Waals surface area contributed by atoms with Crippen molar-refractivity contribution >= 4 is 20.8 Å². The molecule has 0 radical (unpaired) electrons. The SMILES string of the molecule is COc1ccc(S(=O)(=O)n2ccnc2C(C)C)c2ccccc12. The molecule has 0 spiro atoms. The topological polar surface area (TPSA) is 61.2 Å².